The fourth-order valence-electron chi connectivity index (χ4n) is 4.70. The molecule has 4 rings (SSSR count). The number of rotatable bonds is 8. The minimum absolute atomic E-state index is 0.0995. The molecule has 1 saturated heterocycles. The summed E-state index contributed by atoms with van der Waals surface area (Å²) in [7, 11) is 0. The summed E-state index contributed by atoms with van der Waals surface area (Å²) in [5.74, 6) is -0.332. The van der Waals surface area contributed by atoms with Gasteiger partial charge in [0, 0.05) is 34.9 Å². The van der Waals surface area contributed by atoms with E-state index in [0.29, 0.717) is 22.9 Å². The fraction of sp³-hybridized carbons (Fsp3) is 0.387. The van der Waals surface area contributed by atoms with Crippen molar-refractivity contribution in [2.75, 3.05) is 0 Å². The summed E-state index contributed by atoms with van der Waals surface area (Å²) in [6, 6.07) is 11.0. The van der Waals surface area contributed by atoms with Gasteiger partial charge >= 0.3 is 11.7 Å². The van der Waals surface area contributed by atoms with Crippen molar-refractivity contribution in [1.82, 2.24) is 0 Å². The minimum Gasteiger partial charge on any atom is -0.508 e. The standard InChI is InChI=1S/C31H35NO9/c1-16(2)6-7-18-12-19(9-11-23(18)33)24(34)14-21-13-20-8-10-22(15-25(20)39-28(21)36)38-29-26(35)27(40-30(32)37)17(3)31(4,5)41-29/h6,8-13,15,17,26-27,29,33,35H,7,14H2,1-5H3,(H2,32,37)/t17-,26+,27-,29?/m1/s1. The lowest BCUT2D eigenvalue weighted by Gasteiger charge is -2.47. The molecule has 1 amide bonds. The summed E-state index contributed by atoms with van der Waals surface area (Å²) in [5, 5.41) is 21.5. The van der Waals surface area contributed by atoms with Gasteiger partial charge in [0.05, 0.1) is 5.60 Å². The van der Waals surface area contributed by atoms with E-state index in [0.717, 1.165) is 5.57 Å². The van der Waals surface area contributed by atoms with Gasteiger partial charge < -0.3 is 34.6 Å². The number of nitrogens with two attached hydrogens (primary N) is 1. The lowest BCUT2D eigenvalue weighted by Crippen LogP contribution is -2.60. The predicted molar refractivity (Wildman–Crippen MR) is 151 cm³/mol. The van der Waals surface area contributed by atoms with E-state index < -0.39 is 35.8 Å². The van der Waals surface area contributed by atoms with Gasteiger partial charge in [-0.05, 0) is 76.1 Å². The first-order valence-corrected chi connectivity index (χ1v) is 13.3. The Labute approximate surface area is 237 Å². The zero-order chi connectivity index (χ0) is 30.1. The Hall–Kier alpha value is -4.15. The highest BCUT2D eigenvalue weighted by atomic mass is 16.7. The molecule has 1 aliphatic rings. The molecule has 0 radical (unpaired) electrons. The molecule has 0 aliphatic carbocycles. The number of ether oxygens (including phenoxy) is 3. The largest absolute Gasteiger partial charge is 0.508 e. The minimum atomic E-state index is -1.33. The number of fused-ring (bicyclic) bond motifs is 1. The van der Waals surface area contributed by atoms with Gasteiger partial charge in [-0.25, -0.2) is 9.59 Å². The van der Waals surface area contributed by atoms with Gasteiger partial charge in [-0.2, -0.15) is 0 Å². The molecule has 1 fully saturated rings. The summed E-state index contributed by atoms with van der Waals surface area (Å²) < 4.78 is 22.5. The Morgan fingerprint density at radius 2 is 1.83 bits per heavy atom. The first kappa shape index (κ1) is 29.8. The van der Waals surface area contributed by atoms with Crippen LogP contribution < -0.4 is 16.1 Å². The zero-order valence-electron chi connectivity index (χ0n) is 23.7. The average molecular weight is 566 g/mol. The quantitative estimate of drug-likeness (QED) is 0.204. The number of ketones is 1. The number of phenolic OH excluding ortho intramolecular Hbond substituents is 1. The van der Waals surface area contributed by atoms with Crippen molar-refractivity contribution in [2.45, 2.75) is 71.6 Å². The van der Waals surface area contributed by atoms with Crippen molar-refractivity contribution in [3.8, 4) is 11.5 Å². The van der Waals surface area contributed by atoms with E-state index in [1.165, 1.54) is 18.2 Å². The van der Waals surface area contributed by atoms with E-state index in [2.05, 4.69) is 0 Å². The Morgan fingerprint density at radius 3 is 2.51 bits per heavy atom. The van der Waals surface area contributed by atoms with Crippen LogP contribution >= 0.6 is 0 Å². The number of carbonyl (C=O) groups is 2. The highest BCUT2D eigenvalue weighted by Crippen LogP contribution is 2.37. The third-order valence-corrected chi connectivity index (χ3v) is 7.39. The third kappa shape index (κ3) is 6.78. The van der Waals surface area contributed by atoms with E-state index in [4.69, 9.17) is 24.4 Å². The molecule has 1 unspecified atom stereocenters. The number of hydrogen-bond acceptors (Lipinski definition) is 9. The average Bonchev–Trinajstić information content (AvgIpc) is 2.89. The molecule has 4 N–H and O–H groups in total. The number of primary amides is 1. The van der Waals surface area contributed by atoms with Gasteiger partial charge in [0.1, 0.15) is 23.2 Å². The van der Waals surface area contributed by atoms with Crippen LogP contribution in [0.3, 0.4) is 0 Å². The molecular weight excluding hydrogens is 530 g/mol. The Morgan fingerprint density at radius 1 is 1.10 bits per heavy atom. The van der Waals surface area contributed by atoms with Crippen molar-refractivity contribution in [3.05, 3.63) is 81.2 Å². The molecule has 218 valence electrons. The maximum Gasteiger partial charge on any atom is 0.404 e. The van der Waals surface area contributed by atoms with Crippen molar-refractivity contribution >= 4 is 22.8 Å². The van der Waals surface area contributed by atoms with Crippen LogP contribution in [0.25, 0.3) is 11.0 Å². The number of amides is 1. The summed E-state index contributed by atoms with van der Waals surface area (Å²) in [4.78, 5) is 37.2. The maximum atomic E-state index is 13.0. The first-order chi connectivity index (χ1) is 19.2. The second-order valence-corrected chi connectivity index (χ2v) is 11.1. The van der Waals surface area contributed by atoms with Crippen LogP contribution in [0.15, 0.2) is 63.3 Å². The molecule has 2 aromatic carbocycles. The molecule has 4 atom stereocenters. The Bertz CT molecular complexity index is 1550. The number of aliphatic hydroxyl groups excluding tert-OH is 1. The topological polar surface area (TPSA) is 159 Å². The summed E-state index contributed by atoms with van der Waals surface area (Å²) in [5.41, 5.74) is 6.17. The lowest BCUT2D eigenvalue weighted by atomic mass is 9.82. The molecule has 1 aromatic heterocycles. The Balaban J connectivity index is 1.53. The number of phenols is 1. The van der Waals surface area contributed by atoms with Crippen LogP contribution in [0.5, 0.6) is 11.5 Å². The van der Waals surface area contributed by atoms with Crippen molar-refractivity contribution in [2.24, 2.45) is 11.7 Å². The molecular formula is C31H35NO9. The maximum absolute atomic E-state index is 13.0. The highest BCUT2D eigenvalue weighted by molar-refractivity contribution is 5.98. The number of hydrogen-bond donors (Lipinski definition) is 3. The van der Waals surface area contributed by atoms with Crippen LogP contribution in [0, 0.1) is 5.92 Å². The number of benzene rings is 2. The Kier molecular flexibility index (Phi) is 8.55. The summed E-state index contributed by atoms with van der Waals surface area (Å²) in [6.07, 6.45) is -2.25. The van der Waals surface area contributed by atoms with Crippen LogP contribution in [0.1, 0.15) is 56.1 Å². The second-order valence-electron chi connectivity index (χ2n) is 11.1. The van der Waals surface area contributed by atoms with Gasteiger partial charge in [-0.3, -0.25) is 4.79 Å². The van der Waals surface area contributed by atoms with Crippen molar-refractivity contribution in [1.29, 1.82) is 0 Å². The first-order valence-electron chi connectivity index (χ1n) is 13.3. The van der Waals surface area contributed by atoms with Crippen molar-refractivity contribution in [3.63, 3.8) is 0 Å². The van der Waals surface area contributed by atoms with Crippen LogP contribution in [-0.4, -0.2) is 46.2 Å². The predicted octanol–water partition coefficient (Wildman–Crippen LogP) is 4.41. The van der Waals surface area contributed by atoms with Crippen LogP contribution in [0.4, 0.5) is 4.79 Å². The van der Waals surface area contributed by atoms with Crippen LogP contribution in [-0.2, 0) is 22.3 Å². The number of allylic oxidation sites excluding steroid dienone is 2. The number of Topliss-reactive ketones (excluding diaryl/α,β-unsaturated/α-hetero) is 1. The molecule has 0 spiro atoms. The molecule has 0 bridgehead atoms. The summed E-state index contributed by atoms with van der Waals surface area (Å²) >= 11 is 0. The van der Waals surface area contributed by atoms with E-state index in [1.54, 1.807) is 45.0 Å². The van der Waals surface area contributed by atoms with Gasteiger partial charge in [0.25, 0.3) is 0 Å². The van der Waals surface area contributed by atoms with Gasteiger partial charge in [-0.1, -0.05) is 18.6 Å². The van der Waals surface area contributed by atoms with E-state index in [9.17, 15) is 24.6 Å². The third-order valence-electron chi connectivity index (χ3n) is 7.39. The number of carbonyl (C=O) groups excluding carboxylic acids is 2. The molecule has 0 saturated carbocycles. The molecule has 3 aromatic rings. The second kappa shape index (κ2) is 11.8. The SMILES string of the molecule is CC(C)=CCc1cc(C(=O)Cc2cc3ccc(OC4OC(C)(C)[C@H](C)[C@@H](OC(N)=O)[C@@H]4O)cc3oc2=O)ccc1O. The molecule has 10 nitrogen and oxygen atoms in total. The fourth-order valence-corrected chi connectivity index (χ4v) is 4.70. The van der Waals surface area contributed by atoms with E-state index in [1.807, 2.05) is 19.9 Å². The molecule has 1 aliphatic heterocycles. The zero-order valence-corrected chi connectivity index (χ0v) is 23.7. The van der Waals surface area contributed by atoms with Gasteiger partial charge in [0.2, 0.25) is 6.29 Å². The lowest BCUT2D eigenvalue weighted by molar-refractivity contribution is -0.283. The molecule has 41 heavy (non-hydrogen) atoms. The van der Waals surface area contributed by atoms with E-state index in [-0.39, 0.29) is 40.8 Å². The van der Waals surface area contributed by atoms with E-state index >= 15 is 0 Å². The summed E-state index contributed by atoms with van der Waals surface area (Å²) in [6.45, 7) is 9.23. The molecule has 10 heteroatoms. The monoisotopic (exact) mass is 565 g/mol. The van der Waals surface area contributed by atoms with Gasteiger partial charge in [0.15, 0.2) is 11.9 Å². The van der Waals surface area contributed by atoms with Crippen LogP contribution in [0.2, 0.25) is 0 Å². The number of aliphatic hydroxyl groups is 1. The highest BCUT2D eigenvalue weighted by Gasteiger charge is 2.50. The smallest absolute Gasteiger partial charge is 0.404 e. The molecule has 2 heterocycles. The number of aromatic hydroxyl groups is 1. The van der Waals surface area contributed by atoms with Crippen molar-refractivity contribution < 1.29 is 38.4 Å². The van der Waals surface area contributed by atoms with Gasteiger partial charge in [-0.15, -0.1) is 0 Å². The normalized spacial score (nSPS) is 21.7.